The molecule has 0 spiro atoms. The van der Waals surface area contributed by atoms with Crippen LogP contribution in [0, 0.1) is 6.92 Å². The summed E-state index contributed by atoms with van der Waals surface area (Å²) in [5.41, 5.74) is 10.2. The Balaban J connectivity index is 1.92. The monoisotopic (exact) mass is 277 g/mol. The third-order valence-corrected chi connectivity index (χ3v) is 4.09. The van der Waals surface area contributed by atoms with Crippen LogP contribution in [0.15, 0.2) is 42.5 Å². The van der Waals surface area contributed by atoms with Gasteiger partial charge in [0, 0.05) is 22.2 Å². The third-order valence-electron chi connectivity index (χ3n) is 2.69. The topological polar surface area (TPSA) is 26.0 Å². The van der Waals surface area contributed by atoms with Gasteiger partial charge >= 0.3 is 0 Å². The Hall–Kier alpha value is -1.12. The Labute approximate surface area is 117 Å². The second-order valence-corrected chi connectivity index (χ2v) is 5.73. The summed E-state index contributed by atoms with van der Waals surface area (Å²) in [6.07, 6.45) is 0. The molecular formula is C15H16ClNS. The van der Waals surface area contributed by atoms with Crippen LogP contribution in [0.4, 0.5) is 5.69 Å². The van der Waals surface area contributed by atoms with Gasteiger partial charge < -0.3 is 5.73 Å². The van der Waals surface area contributed by atoms with Crippen LogP contribution in [0.2, 0.25) is 5.02 Å². The summed E-state index contributed by atoms with van der Waals surface area (Å²) in [6.45, 7) is 2.12. The summed E-state index contributed by atoms with van der Waals surface area (Å²) in [5.74, 6) is 1.91. The second kappa shape index (κ2) is 6.17. The number of hydrogen-bond acceptors (Lipinski definition) is 2. The van der Waals surface area contributed by atoms with E-state index in [1.54, 1.807) is 0 Å². The smallest absolute Gasteiger partial charge is 0.0466 e. The Kier molecular flexibility index (Phi) is 4.56. The molecule has 0 bridgehead atoms. The van der Waals surface area contributed by atoms with Crippen molar-refractivity contribution in [1.29, 1.82) is 0 Å². The number of rotatable bonds is 4. The molecule has 2 N–H and O–H groups in total. The van der Waals surface area contributed by atoms with Gasteiger partial charge in [-0.2, -0.15) is 11.8 Å². The predicted octanol–water partition coefficient (Wildman–Crippen LogP) is 4.66. The predicted molar refractivity (Wildman–Crippen MR) is 82.0 cm³/mol. The van der Waals surface area contributed by atoms with E-state index < -0.39 is 0 Å². The van der Waals surface area contributed by atoms with Crippen molar-refractivity contribution >= 4 is 29.1 Å². The average Bonchev–Trinajstić information content (AvgIpc) is 2.32. The summed E-state index contributed by atoms with van der Waals surface area (Å²) in [4.78, 5) is 0. The lowest BCUT2D eigenvalue weighted by Crippen LogP contribution is -1.89. The van der Waals surface area contributed by atoms with Crippen molar-refractivity contribution in [2.45, 2.75) is 18.4 Å². The normalized spacial score (nSPS) is 10.6. The minimum Gasteiger partial charge on any atom is -0.399 e. The summed E-state index contributed by atoms with van der Waals surface area (Å²) in [5, 5.41) is 0.756. The SMILES string of the molecule is Cc1cccc(CSCc2ccc(N)cc2Cl)c1. The largest absolute Gasteiger partial charge is 0.399 e. The maximum Gasteiger partial charge on any atom is 0.0466 e. The molecule has 1 nitrogen and oxygen atoms in total. The highest BCUT2D eigenvalue weighted by molar-refractivity contribution is 7.97. The molecule has 2 rings (SSSR count). The number of aryl methyl sites for hydroxylation is 1. The minimum atomic E-state index is 0.715. The minimum absolute atomic E-state index is 0.715. The molecule has 0 aromatic heterocycles. The number of nitrogen functional groups attached to an aromatic ring is 1. The molecule has 0 saturated heterocycles. The molecule has 3 heteroatoms. The first-order chi connectivity index (χ1) is 8.65. The van der Waals surface area contributed by atoms with E-state index in [2.05, 4.69) is 31.2 Å². The summed E-state index contributed by atoms with van der Waals surface area (Å²) < 4.78 is 0. The molecular weight excluding hydrogens is 262 g/mol. The van der Waals surface area contributed by atoms with Crippen molar-refractivity contribution in [2.24, 2.45) is 0 Å². The number of benzene rings is 2. The highest BCUT2D eigenvalue weighted by atomic mass is 35.5. The molecule has 0 heterocycles. The first-order valence-corrected chi connectivity index (χ1v) is 7.35. The fraction of sp³-hybridized carbons (Fsp3) is 0.200. The van der Waals surface area contributed by atoms with Gasteiger partial charge in [0.1, 0.15) is 0 Å². The molecule has 0 amide bonds. The fourth-order valence-electron chi connectivity index (χ4n) is 1.76. The summed E-state index contributed by atoms with van der Waals surface area (Å²) in [6, 6.07) is 14.3. The molecule has 0 saturated carbocycles. The summed E-state index contributed by atoms with van der Waals surface area (Å²) in [7, 11) is 0. The van der Waals surface area contributed by atoms with Crippen LogP contribution >= 0.6 is 23.4 Å². The van der Waals surface area contributed by atoms with Gasteiger partial charge in [-0.25, -0.2) is 0 Å². The van der Waals surface area contributed by atoms with Crippen LogP contribution in [-0.2, 0) is 11.5 Å². The molecule has 0 fully saturated rings. The maximum absolute atomic E-state index is 6.14. The first-order valence-electron chi connectivity index (χ1n) is 5.82. The zero-order valence-electron chi connectivity index (χ0n) is 10.3. The van der Waals surface area contributed by atoms with Gasteiger partial charge in [0.25, 0.3) is 0 Å². The second-order valence-electron chi connectivity index (χ2n) is 4.33. The lowest BCUT2D eigenvalue weighted by molar-refractivity contribution is 1.33. The Morgan fingerprint density at radius 2 is 1.94 bits per heavy atom. The van der Waals surface area contributed by atoms with Crippen LogP contribution < -0.4 is 5.73 Å². The molecule has 0 aliphatic rings. The molecule has 2 aromatic rings. The van der Waals surface area contributed by atoms with E-state index in [1.165, 1.54) is 11.1 Å². The van der Waals surface area contributed by atoms with Gasteiger partial charge in [-0.15, -0.1) is 0 Å². The average molecular weight is 278 g/mol. The van der Waals surface area contributed by atoms with Crippen LogP contribution in [0.25, 0.3) is 0 Å². The van der Waals surface area contributed by atoms with Gasteiger partial charge in [-0.05, 0) is 30.2 Å². The molecule has 0 radical (unpaired) electrons. The van der Waals surface area contributed by atoms with E-state index in [-0.39, 0.29) is 0 Å². The van der Waals surface area contributed by atoms with E-state index in [9.17, 15) is 0 Å². The van der Waals surface area contributed by atoms with Gasteiger partial charge in [0.15, 0.2) is 0 Å². The number of halogens is 1. The lowest BCUT2D eigenvalue weighted by atomic mass is 10.2. The zero-order chi connectivity index (χ0) is 13.0. The van der Waals surface area contributed by atoms with Crippen molar-refractivity contribution in [1.82, 2.24) is 0 Å². The van der Waals surface area contributed by atoms with E-state index in [0.717, 1.165) is 22.1 Å². The maximum atomic E-state index is 6.14. The molecule has 0 aliphatic heterocycles. The van der Waals surface area contributed by atoms with E-state index in [1.807, 2.05) is 30.0 Å². The Bertz CT molecular complexity index is 540. The van der Waals surface area contributed by atoms with Crippen LogP contribution in [0.1, 0.15) is 16.7 Å². The highest BCUT2D eigenvalue weighted by Gasteiger charge is 2.01. The lowest BCUT2D eigenvalue weighted by Gasteiger charge is -2.06. The molecule has 94 valence electrons. The Morgan fingerprint density at radius 1 is 1.11 bits per heavy atom. The van der Waals surface area contributed by atoms with Crippen molar-refractivity contribution in [3.8, 4) is 0 Å². The van der Waals surface area contributed by atoms with Crippen LogP contribution in [0.5, 0.6) is 0 Å². The third kappa shape index (κ3) is 3.69. The number of hydrogen-bond donors (Lipinski definition) is 1. The fourth-order valence-corrected chi connectivity index (χ4v) is 3.09. The molecule has 0 unspecified atom stereocenters. The van der Waals surface area contributed by atoms with Crippen molar-refractivity contribution in [3.63, 3.8) is 0 Å². The Morgan fingerprint density at radius 3 is 2.67 bits per heavy atom. The standard InChI is InChI=1S/C15H16ClNS/c1-11-3-2-4-12(7-11)9-18-10-13-5-6-14(17)8-15(13)16/h2-8H,9-10,17H2,1H3. The number of thioether (sulfide) groups is 1. The zero-order valence-corrected chi connectivity index (χ0v) is 11.9. The van der Waals surface area contributed by atoms with Crippen molar-refractivity contribution in [2.75, 3.05) is 5.73 Å². The van der Waals surface area contributed by atoms with Gasteiger partial charge in [-0.3, -0.25) is 0 Å². The van der Waals surface area contributed by atoms with E-state index >= 15 is 0 Å². The first kappa shape index (κ1) is 13.3. The van der Waals surface area contributed by atoms with Crippen molar-refractivity contribution < 1.29 is 0 Å². The van der Waals surface area contributed by atoms with Crippen LogP contribution in [0.3, 0.4) is 0 Å². The van der Waals surface area contributed by atoms with E-state index in [0.29, 0.717) is 5.69 Å². The molecule has 18 heavy (non-hydrogen) atoms. The molecule has 0 aliphatic carbocycles. The number of anilines is 1. The van der Waals surface area contributed by atoms with Crippen LogP contribution in [-0.4, -0.2) is 0 Å². The van der Waals surface area contributed by atoms with Crippen molar-refractivity contribution in [3.05, 3.63) is 64.2 Å². The van der Waals surface area contributed by atoms with Gasteiger partial charge in [0.05, 0.1) is 0 Å². The molecule has 0 atom stereocenters. The molecule has 2 aromatic carbocycles. The van der Waals surface area contributed by atoms with E-state index in [4.69, 9.17) is 17.3 Å². The quantitative estimate of drug-likeness (QED) is 0.822. The van der Waals surface area contributed by atoms with Gasteiger partial charge in [0.2, 0.25) is 0 Å². The van der Waals surface area contributed by atoms with Gasteiger partial charge in [-0.1, -0.05) is 47.5 Å². The summed E-state index contributed by atoms with van der Waals surface area (Å²) >= 11 is 8.01. The highest BCUT2D eigenvalue weighted by Crippen LogP contribution is 2.25. The number of nitrogens with two attached hydrogens (primary N) is 1.